The first-order chi connectivity index (χ1) is 10.6. The predicted molar refractivity (Wildman–Crippen MR) is 88.1 cm³/mol. The molecule has 1 aliphatic heterocycles. The van der Waals surface area contributed by atoms with Gasteiger partial charge in [0.15, 0.2) is 0 Å². The Kier molecular flexibility index (Phi) is 6.27. The van der Waals surface area contributed by atoms with Crippen LogP contribution in [0.1, 0.15) is 20.3 Å². The van der Waals surface area contributed by atoms with E-state index in [0.717, 1.165) is 30.2 Å². The van der Waals surface area contributed by atoms with Gasteiger partial charge in [0.2, 0.25) is 5.91 Å². The average molecular weight is 322 g/mol. The molecule has 120 valence electrons. The van der Waals surface area contributed by atoms with Gasteiger partial charge in [-0.1, -0.05) is 26.0 Å². The van der Waals surface area contributed by atoms with E-state index in [2.05, 4.69) is 24.1 Å². The van der Waals surface area contributed by atoms with E-state index in [1.165, 1.54) is 11.8 Å². The lowest BCUT2D eigenvalue weighted by Gasteiger charge is -2.23. The highest BCUT2D eigenvalue weighted by Crippen LogP contribution is 2.36. The number of thioether (sulfide) groups is 1. The molecule has 0 radical (unpaired) electrons. The summed E-state index contributed by atoms with van der Waals surface area (Å²) in [4.78, 5) is 27.1. The lowest BCUT2D eigenvalue weighted by molar-refractivity contribution is -0.144. The van der Waals surface area contributed by atoms with Crippen LogP contribution in [0.25, 0.3) is 0 Å². The van der Waals surface area contributed by atoms with Crippen molar-refractivity contribution in [1.82, 2.24) is 4.90 Å². The molecule has 1 heterocycles. The first-order valence-electron chi connectivity index (χ1n) is 7.58. The second-order valence-corrected chi connectivity index (χ2v) is 6.29. The molecule has 1 aliphatic rings. The lowest BCUT2D eigenvalue weighted by Crippen LogP contribution is -2.32. The highest BCUT2D eigenvalue weighted by atomic mass is 32.2. The number of fused-ring (bicyclic) bond motifs is 1. The van der Waals surface area contributed by atoms with Gasteiger partial charge in [0.1, 0.15) is 6.61 Å². The summed E-state index contributed by atoms with van der Waals surface area (Å²) >= 11 is 1.42. The second-order valence-electron chi connectivity index (χ2n) is 5.04. The maximum absolute atomic E-state index is 12.0. The summed E-state index contributed by atoms with van der Waals surface area (Å²) < 4.78 is 5.24. The number of anilines is 1. The number of amides is 1. The number of benzene rings is 1. The normalized spacial score (nSPS) is 17.0. The van der Waals surface area contributed by atoms with Gasteiger partial charge in [-0.15, -0.1) is 11.8 Å². The zero-order valence-electron chi connectivity index (χ0n) is 13.0. The molecule has 0 aliphatic carbocycles. The Bertz CT molecular complexity index is 532. The average Bonchev–Trinajstić information content (AvgIpc) is 2.52. The minimum absolute atomic E-state index is 0.100. The van der Waals surface area contributed by atoms with Gasteiger partial charge in [-0.25, -0.2) is 0 Å². The minimum Gasteiger partial charge on any atom is -0.464 e. The SMILES string of the molecule is CCN(CC)CCOC(=O)CC1Sc2ccccc2NC1=O. The number of ether oxygens (including phenoxy) is 1. The highest BCUT2D eigenvalue weighted by molar-refractivity contribution is 8.01. The van der Waals surface area contributed by atoms with E-state index in [1.807, 2.05) is 24.3 Å². The lowest BCUT2D eigenvalue weighted by atomic mass is 10.2. The van der Waals surface area contributed by atoms with Gasteiger partial charge in [0.05, 0.1) is 17.4 Å². The van der Waals surface area contributed by atoms with E-state index in [-0.39, 0.29) is 18.3 Å². The molecule has 1 aromatic carbocycles. The number of esters is 1. The number of hydrogen-bond donors (Lipinski definition) is 1. The summed E-state index contributed by atoms with van der Waals surface area (Å²) in [5.41, 5.74) is 0.809. The fourth-order valence-corrected chi connectivity index (χ4v) is 3.36. The second kappa shape index (κ2) is 8.19. The first-order valence-corrected chi connectivity index (χ1v) is 8.46. The molecular formula is C16H22N2O3S. The number of rotatable bonds is 7. The number of hydrogen-bond acceptors (Lipinski definition) is 5. The van der Waals surface area contributed by atoms with Gasteiger partial charge in [0.25, 0.3) is 0 Å². The molecule has 5 nitrogen and oxygen atoms in total. The smallest absolute Gasteiger partial charge is 0.307 e. The Morgan fingerprint density at radius 2 is 2.05 bits per heavy atom. The van der Waals surface area contributed by atoms with Crippen molar-refractivity contribution in [3.8, 4) is 0 Å². The number of nitrogens with one attached hydrogen (secondary N) is 1. The van der Waals surface area contributed by atoms with E-state index in [0.29, 0.717) is 6.61 Å². The number of nitrogens with zero attached hydrogens (tertiary/aromatic N) is 1. The molecule has 2 rings (SSSR count). The molecule has 0 fully saturated rings. The summed E-state index contributed by atoms with van der Waals surface area (Å²) in [6.45, 7) is 7.12. The Labute approximate surface area is 135 Å². The van der Waals surface area contributed by atoms with Crippen LogP contribution >= 0.6 is 11.8 Å². The molecule has 1 atom stereocenters. The molecule has 22 heavy (non-hydrogen) atoms. The zero-order chi connectivity index (χ0) is 15.9. The zero-order valence-corrected chi connectivity index (χ0v) is 13.8. The van der Waals surface area contributed by atoms with Crippen molar-refractivity contribution in [3.05, 3.63) is 24.3 Å². The largest absolute Gasteiger partial charge is 0.464 e. The van der Waals surface area contributed by atoms with Crippen LogP contribution < -0.4 is 5.32 Å². The molecular weight excluding hydrogens is 300 g/mol. The van der Waals surface area contributed by atoms with E-state index < -0.39 is 5.25 Å². The summed E-state index contributed by atoms with van der Waals surface area (Å²) in [6.07, 6.45) is 0.100. The molecule has 1 amide bonds. The van der Waals surface area contributed by atoms with Crippen LogP contribution in [-0.4, -0.2) is 48.3 Å². The number of likely N-dealkylation sites (N-methyl/N-ethyl adjacent to an activating group) is 1. The summed E-state index contributed by atoms with van der Waals surface area (Å²) in [5.74, 6) is -0.455. The predicted octanol–water partition coefficient (Wildman–Crippen LogP) is 2.37. The van der Waals surface area contributed by atoms with Crippen LogP contribution in [0.4, 0.5) is 5.69 Å². The monoisotopic (exact) mass is 322 g/mol. The van der Waals surface area contributed by atoms with Crippen LogP contribution in [0.5, 0.6) is 0 Å². The Balaban J connectivity index is 1.81. The van der Waals surface area contributed by atoms with E-state index in [1.54, 1.807) is 0 Å². The van der Waals surface area contributed by atoms with Gasteiger partial charge in [0, 0.05) is 11.4 Å². The first kappa shape index (κ1) is 16.8. The third-order valence-electron chi connectivity index (χ3n) is 3.62. The number of carbonyl (C=O) groups excluding carboxylic acids is 2. The standard InChI is InChI=1S/C16H22N2O3S/c1-3-18(4-2)9-10-21-15(19)11-14-16(20)17-12-7-5-6-8-13(12)22-14/h5-8,14H,3-4,9-11H2,1-2H3,(H,17,20). The molecule has 6 heteroatoms. The molecule has 1 unspecified atom stereocenters. The van der Waals surface area contributed by atoms with Crippen molar-refractivity contribution in [1.29, 1.82) is 0 Å². The molecule has 0 saturated heterocycles. The van der Waals surface area contributed by atoms with Crippen LogP contribution in [0.15, 0.2) is 29.2 Å². The Hall–Kier alpha value is -1.53. The van der Waals surface area contributed by atoms with Crippen molar-refractivity contribution >= 4 is 29.3 Å². The van der Waals surface area contributed by atoms with Gasteiger partial charge < -0.3 is 15.0 Å². The molecule has 0 aromatic heterocycles. The van der Waals surface area contributed by atoms with Crippen LogP contribution in [0.2, 0.25) is 0 Å². The third kappa shape index (κ3) is 4.48. The molecule has 0 saturated carbocycles. The van der Waals surface area contributed by atoms with Gasteiger partial charge in [-0.2, -0.15) is 0 Å². The highest BCUT2D eigenvalue weighted by Gasteiger charge is 2.29. The topological polar surface area (TPSA) is 58.6 Å². The van der Waals surface area contributed by atoms with Crippen molar-refractivity contribution < 1.29 is 14.3 Å². The van der Waals surface area contributed by atoms with E-state index in [4.69, 9.17) is 4.74 Å². The fourth-order valence-electron chi connectivity index (χ4n) is 2.27. The number of carbonyl (C=O) groups is 2. The Morgan fingerprint density at radius 3 is 2.77 bits per heavy atom. The van der Waals surface area contributed by atoms with Crippen LogP contribution in [-0.2, 0) is 14.3 Å². The van der Waals surface area contributed by atoms with Crippen molar-refractivity contribution in [2.45, 2.75) is 30.4 Å². The van der Waals surface area contributed by atoms with E-state index >= 15 is 0 Å². The molecule has 1 N–H and O–H groups in total. The molecule has 0 spiro atoms. The van der Waals surface area contributed by atoms with E-state index in [9.17, 15) is 9.59 Å². The van der Waals surface area contributed by atoms with Gasteiger partial charge in [-0.3, -0.25) is 9.59 Å². The summed E-state index contributed by atoms with van der Waals surface area (Å²) in [6, 6.07) is 7.60. The Morgan fingerprint density at radius 1 is 1.32 bits per heavy atom. The van der Waals surface area contributed by atoms with Crippen molar-refractivity contribution in [2.24, 2.45) is 0 Å². The third-order valence-corrected chi connectivity index (χ3v) is 4.90. The molecule has 0 bridgehead atoms. The molecule has 1 aromatic rings. The van der Waals surface area contributed by atoms with Gasteiger partial charge in [-0.05, 0) is 25.2 Å². The quantitative estimate of drug-likeness (QED) is 0.781. The van der Waals surface area contributed by atoms with Crippen LogP contribution in [0, 0.1) is 0 Å². The minimum atomic E-state index is -0.421. The summed E-state index contributed by atoms with van der Waals surface area (Å²) in [5, 5.41) is 2.41. The maximum atomic E-state index is 12.0. The van der Waals surface area contributed by atoms with Crippen molar-refractivity contribution in [3.63, 3.8) is 0 Å². The number of para-hydroxylation sites is 1. The van der Waals surface area contributed by atoms with Gasteiger partial charge >= 0.3 is 5.97 Å². The fraction of sp³-hybridized carbons (Fsp3) is 0.500. The maximum Gasteiger partial charge on any atom is 0.307 e. The summed E-state index contributed by atoms with van der Waals surface area (Å²) in [7, 11) is 0. The van der Waals surface area contributed by atoms with Crippen molar-refractivity contribution in [2.75, 3.05) is 31.6 Å². The van der Waals surface area contributed by atoms with Crippen LogP contribution in [0.3, 0.4) is 0 Å².